The largest absolute Gasteiger partial charge is 0.487 e. The second-order valence-corrected chi connectivity index (χ2v) is 6.06. The van der Waals surface area contributed by atoms with Gasteiger partial charge >= 0.3 is 0 Å². The number of hydrogen-bond acceptors (Lipinski definition) is 4. The summed E-state index contributed by atoms with van der Waals surface area (Å²) in [5.41, 5.74) is 4.20. The van der Waals surface area contributed by atoms with Crippen LogP contribution in [0.3, 0.4) is 0 Å². The van der Waals surface area contributed by atoms with Gasteiger partial charge in [-0.2, -0.15) is 5.10 Å². The number of benzene rings is 2. The van der Waals surface area contributed by atoms with E-state index in [1.807, 2.05) is 30.3 Å². The van der Waals surface area contributed by atoms with Crippen molar-refractivity contribution in [3.05, 3.63) is 87.9 Å². The van der Waals surface area contributed by atoms with Gasteiger partial charge in [-0.15, -0.1) is 11.3 Å². The van der Waals surface area contributed by atoms with E-state index in [2.05, 4.69) is 10.5 Å². The van der Waals surface area contributed by atoms with Crippen LogP contribution in [0.4, 0.5) is 4.39 Å². The minimum atomic E-state index is -0.337. The van der Waals surface area contributed by atoms with E-state index in [-0.39, 0.29) is 18.3 Å². The highest BCUT2D eigenvalue weighted by atomic mass is 32.1. The number of thiophene rings is 1. The molecule has 0 atom stereocenters. The number of nitrogens with one attached hydrogen (secondary N) is 1. The molecule has 3 rings (SSSR count). The Kier molecular flexibility index (Phi) is 5.53. The molecule has 0 saturated carbocycles. The lowest BCUT2D eigenvalue weighted by Crippen LogP contribution is -2.17. The van der Waals surface area contributed by atoms with Gasteiger partial charge in [0.1, 0.15) is 23.1 Å². The number of ether oxygens (including phenoxy) is 1. The normalized spacial score (nSPS) is 10.8. The molecule has 0 aliphatic heterocycles. The Morgan fingerprint density at radius 1 is 1.12 bits per heavy atom. The summed E-state index contributed by atoms with van der Waals surface area (Å²) in [5.74, 6) is -0.159. The van der Waals surface area contributed by atoms with Crippen LogP contribution in [0.2, 0.25) is 0 Å². The lowest BCUT2D eigenvalue weighted by molar-refractivity contribution is 0.0955. The second-order valence-electron chi connectivity index (χ2n) is 5.14. The summed E-state index contributed by atoms with van der Waals surface area (Å²) in [5, 5.41) is 5.73. The Labute approximate surface area is 148 Å². The molecule has 4 nitrogen and oxygen atoms in total. The number of hydrogen-bond donors (Lipinski definition) is 1. The first-order valence-electron chi connectivity index (χ1n) is 7.55. The van der Waals surface area contributed by atoms with E-state index in [0.29, 0.717) is 10.6 Å². The molecule has 0 radical (unpaired) electrons. The molecule has 0 fully saturated rings. The minimum absolute atomic E-state index is 0.255. The van der Waals surface area contributed by atoms with Crippen LogP contribution in [-0.4, -0.2) is 12.1 Å². The van der Waals surface area contributed by atoms with E-state index in [1.165, 1.54) is 23.5 Å². The van der Waals surface area contributed by atoms with Gasteiger partial charge in [-0.3, -0.25) is 4.79 Å². The van der Waals surface area contributed by atoms with Gasteiger partial charge in [-0.25, -0.2) is 9.82 Å². The maximum atomic E-state index is 12.9. The number of nitrogens with zero attached hydrogens (tertiary/aromatic N) is 1. The average molecular weight is 354 g/mol. The topological polar surface area (TPSA) is 50.7 Å². The van der Waals surface area contributed by atoms with Crippen LogP contribution in [0.5, 0.6) is 5.75 Å². The third-order valence-electron chi connectivity index (χ3n) is 3.32. The van der Waals surface area contributed by atoms with Crippen LogP contribution in [0.15, 0.2) is 71.1 Å². The summed E-state index contributed by atoms with van der Waals surface area (Å²) < 4.78 is 18.6. The van der Waals surface area contributed by atoms with Gasteiger partial charge in [0.15, 0.2) is 0 Å². The van der Waals surface area contributed by atoms with E-state index in [9.17, 15) is 9.18 Å². The minimum Gasteiger partial charge on any atom is -0.487 e. The highest BCUT2D eigenvalue weighted by Crippen LogP contribution is 2.25. The van der Waals surface area contributed by atoms with Crippen LogP contribution in [0.1, 0.15) is 20.8 Å². The maximum absolute atomic E-state index is 12.9. The third-order valence-corrected chi connectivity index (χ3v) is 4.22. The zero-order valence-electron chi connectivity index (χ0n) is 13.2. The van der Waals surface area contributed by atoms with E-state index >= 15 is 0 Å². The summed E-state index contributed by atoms with van der Waals surface area (Å²) in [7, 11) is 0. The Morgan fingerprint density at radius 3 is 2.64 bits per heavy atom. The van der Waals surface area contributed by atoms with Crippen molar-refractivity contribution in [3.63, 3.8) is 0 Å². The van der Waals surface area contributed by atoms with E-state index in [0.717, 1.165) is 11.1 Å². The van der Waals surface area contributed by atoms with E-state index in [4.69, 9.17) is 4.74 Å². The standard InChI is InChI=1S/C19H15FN2O2S/c20-16-8-6-15(7-9-16)13-24-17-10-11-25-18(17)19(23)22-21-12-14-4-2-1-3-5-14/h1-12H,13H2,(H,22,23)/b21-12-. The summed E-state index contributed by atoms with van der Waals surface area (Å²) >= 11 is 1.27. The molecular formula is C19H15FN2O2S. The lowest BCUT2D eigenvalue weighted by Gasteiger charge is -2.06. The number of carbonyl (C=O) groups excluding carboxylic acids is 1. The van der Waals surface area contributed by atoms with Crippen molar-refractivity contribution < 1.29 is 13.9 Å². The van der Waals surface area contributed by atoms with Crippen LogP contribution in [-0.2, 0) is 6.61 Å². The SMILES string of the molecule is O=C(N/N=C\c1ccccc1)c1sccc1OCc1ccc(F)cc1. The van der Waals surface area contributed by atoms with Gasteiger partial charge in [0, 0.05) is 0 Å². The number of hydrazone groups is 1. The predicted molar refractivity (Wildman–Crippen MR) is 96.6 cm³/mol. The first-order valence-corrected chi connectivity index (χ1v) is 8.43. The molecule has 0 aliphatic carbocycles. The molecule has 0 unspecified atom stereocenters. The second kappa shape index (κ2) is 8.21. The zero-order valence-corrected chi connectivity index (χ0v) is 14.0. The molecule has 1 N–H and O–H groups in total. The zero-order chi connectivity index (χ0) is 17.5. The third kappa shape index (κ3) is 4.74. The van der Waals surface area contributed by atoms with Crippen molar-refractivity contribution in [2.45, 2.75) is 6.61 Å². The quantitative estimate of drug-likeness (QED) is 0.532. The van der Waals surface area contributed by atoms with Gasteiger partial charge in [0.05, 0.1) is 6.21 Å². The maximum Gasteiger partial charge on any atom is 0.285 e. The van der Waals surface area contributed by atoms with E-state index < -0.39 is 0 Å². The fourth-order valence-corrected chi connectivity index (χ4v) is 2.80. The average Bonchev–Trinajstić information content (AvgIpc) is 3.11. The Balaban J connectivity index is 1.59. The molecule has 1 heterocycles. The fourth-order valence-electron chi connectivity index (χ4n) is 2.07. The highest BCUT2D eigenvalue weighted by Gasteiger charge is 2.14. The molecule has 0 aliphatic rings. The summed E-state index contributed by atoms with van der Waals surface area (Å²) in [4.78, 5) is 12.7. The van der Waals surface area contributed by atoms with Crippen LogP contribution in [0.25, 0.3) is 0 Å². The van der Waals surface area contributed by atoms with Crippen LogP contribution >= 0.6 is 11.3 Å². The van der Waals surface area contributed by atoms with Crippen LogP contribution in [0, 0.1) is 5.82 Å². The first kappa shape index (κ1) is 16.9. The van der Waals surface area contributed by atoms with Crippen molar-refractivity contribution in [2.75, 3.05) is 0 Å². The van der Waals surface area contributed by atoms with Gasteiger partial charge in [-0.1, -0.05) is 42.5 Å². The van der Waals surface area contributed by atoms with Gasteiger partial charge in [0.25, 0.3) is 5.91 Å². The Morgan fingerprint density at radius 2 is 1.88 bits per heavy atom. The molecule has 0 spiro atoms. The van der Waals surface area contributed by atoms with Crippen molar-refractivity contribution >= 4 is 23.5 Å². The smallest absolute Gasteiger partial charge is 0.285 e. The molecule has 126 valence electrons. The fraction of sp³-hybridized carbons (Fsp3) is 0.0526. The molecule has 0 saturated heterocycles. The lowest BCUT2D eigenvalue weighted by atomic mass is 10.2. The van der Waals surface area contributed by atoms with E-state index in [1.54, 1.807) is 29.8 Å². The van der Waals surface area contributed by atoms with Gasteiger partial charge in [0.2, 0.25) is 0 Å². The molecule has 2 aromatic carbocycles. The summed E-state index contributed by atoms with van der Waals surface area (Å²) in [6, 6.07) is 17.2. The Bertz CT molecular complexity index is 861. The Hall–Kier alpha value is -2.99. The predicted octanol–water partition coefficient (Wildman–Crippen LogP) is 4.23. The molecule has 25 heavy (non-hydrogen) atoms. The number of halogens is 1. The van der Waals surface area contributed by atoms with Crippen molar-refractivity contribution in [1.29, 1.82) is 0 Å². The molecule has 3 aromatic rings. The molecule has 1 aromatic heterocycles. The number of amides is 1. The first-order chi connectivity index (χ1) is 12.2. The van der Waals surface area contributed by atoms with Crippen molar-refractivity contribution in [1.82, 2.24) is 5.43 Å². The van der Waals surface area contributed by atoms with Gasteiger partial charge < -0.3 is 4.74 Å². The van der Waals surface area contributed by atoms with Crippen molar-refractivity contribution in [2.24, 2.45) is 5.10 Å². The summed E-state index contributed by atoms with van der Waals surface area (Å²) in [6.45, 7) is 0.255. The number of rotatable bonds is 6. The highest BCUT2D eigenvalue weighted by molar-refractivity contribution is 7.12. The molecule has 6 heteroatoms. The van der Waals surface area contributed by atoms with Gasteiger partial charge in [-0.05, 0) is 34.7 Å². The number of carbonyl (C=O) groups is 1. The monoisotopic (exact) mass is 354 g/mol. The van der Waals surface area contributed by atoms with Crippen molar-refractivity contribution in [3.8, 4) is 5.75 Å². The van der Waals surface area contributed by atoms with Crippen LogP contribution < -0.4 is 10.2 Å². The summed E-state index contributed by atoms with van der Waals surface area (Å²) in [6.07, 6.45) is 1.57. The molecular weight excluding hydrogens is 339 g/mol. The molecule has 0 bridgehead atoms. The molecule has 1 amide bonds.